The summed E-state index contributed by atoms with van der Waals surface area (Å²) < 4.78 is 3.94. The fourth-order valence-corrected chi connectivity index (χ4v) is 4.09. The van der Waals surface area contributed by atoms with Crippen molar-refractivity contribution in [3.05, 3.63) is 30.2 Å². The Hall–Kier alpha value is -3.16. The zero-order valence-corrected chi connectivity index (χ0v) is 17.2. The summed E-state index contributed by atoms with van der Waals surface area (Å²) in [5.41, 5.74) is 10.6. The first-order valence-electron chi connectivity index (χ1n) is 10.2. The van der Waals surface area contributed by atoms with Crippen LogP contribution in [0.25, 0.3) is 27.9 Å². The molecule has 3 N–H and O–H groups in total. The van der Waals surface area contributed by atoms with Gasteiger partial charge in [-0.1, -0.05) is 0 Å². The summed E-state index contributed by atoms with van der Waals surface area (Å²) in [5, 5.41) is 8.00. The van der Waals surface area contributed by atoms with Crippen LogP contribution in [0.1, 0.15) is 45.5 Å². The lowest BCUT2D eigenvalue weighted by molar-refractivity contribution is 0.595. The van der Waals surface area contributed by atoms with Crippen molar-refractivity contribution in [2.75, 3.05) is 11.1 Å². The highest BCUT2D eigenvalue weighted by Crippen LogP contribution is 2.34. The van der Waals surface area contributed by atoms with Crippen LogP contribution < -0.4 is 11.1 Å². The zero-order chi connectivity index (χ0) is 20.3. The molecule has 1 atom stereocenters. The van der Waals surface area contributed by atoms with Crippen LogP contribution >= 0.6 is 0 Å². The molecule has 8 heteroatoms. The molecule has 0 aromatic carbocycles. The molecule has 0 unspecified atom stereocenters. The predicted octanol–water partition coefficient (Wildman–Crippen LogP) is 3.82. The standard InChI is InChI=1S/C21H26N8/c1-11(2)29-13(4)24-17-8-7-16(25-20(17)29)15-9-10-28-18(15)19(22)26-21(27-28)23-12(3)14-5-6-14/h7-12,14H,5-6H2,1-4H3,(H3,22,23,26,27)/t12-/m1/s1. The third kappa shape index (κ3) is 2.99. The van der Waals surface area contributed by atoms with E-state index in [-0.39, 0.29) is 6.04 Å². The summed E-state index contributed by atoms with van der Waals surface area (Å²) in [6.07, 6.45) is 4.44. The Balaban J connectivity index is 1.59. The second-order valence-corrected chi connectivity index (χ2v) is 8.28. The SMILES string of the molecule is Cc1nc2ccc(-c3ccn4nc(N[C@H](C)C5CC5)nc(N)c34)nc2n1C(C)C. The van der Waals surface area contributed by atoms with Gasteiger partial charge in [0.25, 0.3) is 0 Å². The van der Waals surface area contributed by atoms with Crippen LogP contribution in [-0.2, 0) is 0 Å². The Bertz CT molecular complexity index is 1210. The number of rotatable bonds is 5. The van der Waals surface area contributed by atoms with E-state index in [1.165, 1.54) is 12.8 Å². The summed E-state index contributed by atoms with van der Waals surface area (Å²) in [6.45, 7) is 8.46. The minimum absolute atomic E-state index is 0.282. The quantitative estimate of drug-likeness (QED) is 0.537. The van der Waals surface area contributed by atoms with Crippen molar-refractivity contribution in [2.24, 2.45) is 5.92 Å². The van der Waals surface area contributed by atoms with E-state index in [0.717, 1.165) is 33.8 Å². The number of anilines is 2. The maximum Gasteiger partial charge on any atom is 0.243 e. The molecule has 0 aliphatic heterocycles. The summed E-state index contributed by atoms with van der Waals surface area (Å²) in [5.74, 6) is 2.68. The summed E-state index contributed by atoms with van der Waals surface area (Å²) >= 11 is 0. The van der Waals surface area contributed by atoms with Gasteiger partial charge >= 0.3 is 0 Å². The van der Waals surface area contributed by atoms with Crippen LogP contribution in [0.15, 0.2) is 24.4 Å². The molecular formula is C21H26N8. The van der Waals surface area contributed by atoms with Crippen molar-refractivity contribution in [2.45, 2.75) is 52.6 Å². The zero-order valence-electron chi connectivity index (χ0n) is 17.2. The van der Waals surface area contributed by atoms with Gasteiger partial charge in [0.05, 0.1) is 5.69 Å². The molecule has 1 aliphatic carbocycles. The van der Waals surface area contributed by atoms with E-state index in [1.54, 1.807) is 4.52 Å². The third-order valence-corrected chi connectivity index (χ3v) is 5.73. The van der Waals surface area contributed by atoms with E-state index >= 15 is 0 Å². The van der Waals surface area contributed by atoms with Crippen molar-refractivity contribution >= 4 is 28.4 Å². The molecule has 5 rings (SSSR count). The smallest absolute Gasteiger partial charge is 0.243 e. The van der Waals surface area contributed by atoms with Gasteiger partial charge in [-0.2, -0.15) is 4.98 Å². The van der Waals surface area contributed by atoms with Gasteiger partial charge in [0.2, 0.25) is 5.95 Å². The monoisotopic (exact) mass is 390 g/mol. The fourth-order valence-electron chi connectivity index (χ4n) is 4.09. The highest BCUT2D eigenvalue weighted by Gasteiger charge is 2.28. The fraction of sp³-hybridized carbons (Fsp3) is 0.429. The van der Waals surface area contributed by atoms with Gasteiger partial charge in [-0.05, 0) is 64.7 Å². The first kappa shape index (κ1) is 17.9. The van der Waals surface area contributed by atoms with Gasteiger partial charge in [-0.3, -0.25) is 0 Å². The van der Waals surface area contributed by atoms with E-state index < -0.39 is 0 Å². The summed E-state index contributed by atoms with van der Waals surface area (Å²) in [6, 6.07) is 6.62. The second kappa shape index (κ2) is 6.43. The van der Waals surface area contributed by atoms with Crippen molar-refractivity contribution in [1.82, 2.24) is 29.1 Å². The Morgan fingerprint density at radius 2 is 1.90 bits per heavy atom. The van der Waals surface area contributed by atoms with Crippen molar-refractivity contribution < 1.29 is 0 Å². The van der Waals surface area contributed by atoms with E-state index in [1.807, 2.05) is 31.3 Å². The number of hydrogen-bond donors (Lipinski definition) is 2. The maximum absolute atomic E-state index is 6.34. The Morgan fingerprint density at radius 1 is 1.10 bits per heavy atom. The molecule has 29 heavy (non-hydrogen) atoms. The topological polar surface area (TPSA) is 98.9 Å². The van der Waals surface area contributed by atoms with Crippen LogP contribution in [0.4, 0.5) is 11.8 Å². The molecule has 1 fully saturated rings. The van der Waals surface area contributed by atoms with Crippen molar-refractivity contribution in [3.8, 4) is 11.3 Å². The van der Waals surface area contributed by atoms with Crippen molar-refractivity contribution in [3.63, 3.8) is 0 Å². The van der Waals surface area contributed by atoms with Crippen LogP contribution in [0, 0.1) is 12.8 Å². The van der Waals surface area contributed by atoms with Gasteiger partial charge in [-0.25, -0.2) is 14.5 Å². The van der Waals surface area contributed by atoms with Gasteiger partial charge in [0.15, 0.2) is 11.5 Å². The maximum atomic E-state index is 6.34. The molecule has 0 amide bonds. The lowest BCUT2D eigenvalue weighted by atomic mass is 10.2. The first-order valence-corrected chi connectivity index (χ1v) is 10.2. The Kier molecular flexibility index (Phi) is 3.97. The molecule has 0 radical (unpaired) electrons. The number of fused-ring (bicyclic) bond motifs is 2. The summed E-state index contributed by atoms with van der Waals surface area (Å²) in [7, 11) is 0. The number of nitrogens with zero attached hydrogens (tertiary/aromatic N) is 6. The molecular weight excluding hydrogens is 364 g/mol. The van der Waals surface area contributed by atoms with Crippen LogP contribution in [0.2, 0.25) is 0 Å². The second-order valence-electron chi connectivity index (χ2n) is 8.28. The van der Waals surface area contributed by atoms with Crippen LogP contribution in [0.3, 0.4) is 0 Å². The minimum Gasteiger partial charge on any atom is -0.382 e. The van der Waals surface area contributed by atoms with Gasteiger partial charge < -0.3 is 15.6 Å². The van der Waals surface area contributed by atoms with Gasteiger partial charge in [-0.15, -0.1) is 5.10 Å². The molecule has 1 aliphatic rings. The van der Waals surface area contributed by atoms with E-state index in [0.29, 0.717) is 23.7 Å². The van der Waals surface area contributed by atoms with Gasteiger partial charge in [0.1, 0.15) is 16.9 Å². The van der Waals surface area contributed by atoms with Crippen LogP contribution in [0.5, 0.6) is 0 Å². The normalized spacial score (nSPS) is 15.5. The lowest BCUT2D eigenvalue weighted by Crippen LogP contribution is -2.20. The van der Waals surface area contributed by atoms with Crippen LogP contribution in [-0.4, -0.2) is 35.2 Å². The van der Waals surface area contributed by atoms with E-state index in [2.05, 4.69) is 45.7 Å². The number of imidazole rings is 1. The third-order valence-electron chi connectivity index (χ3n) is 5.73. The number of aromatic nitrogens is 6. The van der Waals surface area contributed by atoms with E-state index in [4.69, 9.17) is 10.7 Å². The number of pyridine rings is 1. The highest BCUT2D eigenvalue weighted by atomic mass is 15.3. The molecule has 0 spiro atoms. The average Bonchev–Trinajstić information content (AvgIpc) is 3.34. The molecule has 4 aromatic rings. The number of hydrogen-bond acceptors (Lipinski definition) is 6. The predicted molar refractivity (Wildman–Crippen MR) is 115 cm³/mol. The Morgan fingerprint density at radius 3 is 2.62 bits per heavy atom. The molecule has 4 heterocycles. The molecule has 150 valence electrons. The number of aryl methyl sites for hydroxylation is 1. The largest absolute Gasteiger partial charge is 0.382 e. The molecule has 4 aromatic heterocycles. The highest BCUT2D eigenvalue weighted by molar-refractivity contribution is 5.88. The Labute approximate surface area is 169 Å². The average molecular weight is 390 g/mol. The first-order chi connectivity index (χ1) is 13.9. The lowest BCUT2D eigenvalue weighted by Gasteiger charge is -2.13. The number of nitrogens with one attached hydrogen (secondary N) is 1. The minimum atomic E-state index is 0.282. The number of nitrogen functional groups attached to an aromatic ring is 1. The number of nitrogens with two attached hydrogens (primary N) is 1. The molecule has 0 bridgehead atoms. The van der Waals surface area contributed by atoms with Crippen molar-refractivity contribution in [1.29, 1.82) is 0 Å². The molecule has 1 saturated carbocycles. The van der Waals surface area contributed by atoms with Gasteiger partial charge in [0, 0.05) is 23.8 Å². The molecule has 8 nitrogen and oxygen atoms in total. The van der Waals surface area contributed by atoms with E-state index in [9.17, 15) is 0 Å². The molecule has 0 saturated heterocycles. The summed E-state index contributed by atoms with van der Waals surface area (Å²) in [4.78, 5) is 14.1.